The molecule has 0 aliphatic rings. The van der Waals surface area contributed by atoms with Crippen molar-refractivity contribution in [3.8, 4) is 0 Å². The van der Waals surface area contributed by atoms with Crippen LogP contribution in [0.5, 0.6) is 0 Å². The average molecular weight is 203 g/mol. The van der Waals surface area contributed by atoms with Crippen LogP contribution in [0.25, 0.3) is 0 Å². The van der Waals surface area contributed by atoms with Crippen molar-refractivity contribution in [1.82, 2.24) is 5.16 Å². The highest BCUT2D eigenvalue weighted by Gasteiger charge is 2.34. The third kappa shape index (κ3) is 2.38. The van der Waals surface area contributed by atoms with Crippen molar-refractivity contribution >= 4 is 12.4 Å². The number of alkyl halides is 3. The largest absolute Gasteiger partial charge is 0.436 e. The van der Waals surface area contributed by atoms with Crippen LogP contribution in [0, 0.1) is 0 Å². The molecule has 0 atom stereocenters. The Morgan fingerprint density at radius 1 is 1.50 bits per heavy atom. The summed E-state index contributed by atoms with van der Waals surface area (Å²) < 4.78 is 39.6. The molecule has 1 heterocycles. The van der Waals surface area contributed by atoms with Crippen LogP contribution < -0.4 is 5.73 Å². The number of aromatic nitrogens is 1. The Labute approximate surface area is 72.1 Å². The molecule has 0 aliphatic carbocycles. The van der Waals surface area contributed by atoms with Crippen LogP contribution in [0.15, 0.2) is 10.6 Å². The molecule has 0 saturated carbocycles. The Kier molecular flexibility index (Phi) is 3.54. The summed E-state index contributed by atoms with van der Waals surface area (Å²) in [5.74, 6) is 0.0253. The summed E-state index contributed by atoms with van der Waals surface area (Å²) in [7, 11) is 0. The molecule has 1 aromatic rings. The zero-order valence-corrected chi connectivity index (χ0v) is 6.58. The van der Waals surface area contributed by atoms with Gasteiger partial charge in [-0.05, 0) is 0 Å². The van der Waals surface area contributed by atoms with Crippen LogP contribution in [-0.2, 0) is 12.7 Å². The smallest absolute Gasteiger partial charge is 0.359 e. The highest BCUT2D eigenvalue weighted by molar-refractivity contribution is 5.85. The van der Waals surface area contributed by atoms with Crippen molar-refractivity contribution < 1.29 is 17.7 Å². The van der Waals surface area contributed by atoms with Gasteiger partial charge in [0, 0.05) is 6.07 Å². The molecule has 7 heteroatoms. The van der Waals surface area contributed by atoms with Crippen LogP contribution in [0.4, 0.5) is 13.2 Å². The van der Waals surface area contributed by atoms with Gasteiger partial charge in [0.15, 0.2) is 11.5 Å². The quantitative estimate of drug-likeness (QED) is 0.752. The fourth-order valence-corrected chi connectivity index (χ4v) is 0.543. The summed E-state index contributed by atoms with van der Waals surface area (Å²) in [5, 5.41) is 2.78. The maximum atomic E-state index is 11.8. The molecule has 3 nitrogen and oxygen atoms in total. The molecule has 0 fully saturated rings. The molecule has 2 N–H and O–H groups in total. The Bertz CT molecular complexity index is 247. The van der Waals surface area contributed by atoms with E-state index in [0.29, 0.717) is 0 Å². The lowest BCUT2D eigenvalue weighted by Gasteiger charge is -1.97. The number of rotatable bonds is 1. The van der Waals surface area contributed by atoms with Crippen molar-refractivity contribution in [3.05, 3.63) is 17.5 Å². The van der Waals surface area contributed by atoms with E-state index in [9.17, 15) is 13.2 Å². The second-order valence-electron chi connectivity index (χ2n) is 1.88. The summed E-state index contributed by atoms with van der Waals surface area (Å²) in [6, 6.07) is 0.778. The van der Waals surface area contributed by atoms with Crippen molar-refractivity contribution in [2.45, 2.75) is 12.7 Å². The number of halogens is 4. The molecule has 1 aromatic heterocycles. The second-order valence-corrected chi connectivity index (χ2v) is 1.88. The van der Waals surface area contributed by atoms with E-state index in [2.05, 4.69) is 9.68 Å². The van der Waals surface area contributed by atoms with Gasteiger partial charge in [-0.1, -0.05) is 5.16 Å². The van der Waals surface area contributed by atoms with Crippen LogP contribution in [0.2, 0.25) is 0 Å². The first-order valence-corrected chi connectivity index (χ1v) is 2.77. The van der Waals surface area contributed by atoms with E-state index in [0.717, 1.165) is 6.07 Å². The first-order chi connectivity index (χ1) is 5.04. The number of hydrogen-bond acceptors (Lipinski definition) is 3. The monoisotopic (exact) mass is 202 g/mol. The minimum Gasteiger partial charge on any atom is -0.359 e. The van der Waals surface area contributed by atoms with Crippen LogP contribution in [0.3, 0.4) is 0 Å². The molecule has 0 bridgehead atoms. The summed E-state index contributed by atoms with van der Waals surface area (Å²) in [6.07, 6.45) is -4.45. The Morgan fingerprint density at radius 3 is 2.33 bits per heavy atom. The lowest BCUT2D eigenvalue weighted by atomic mass is 10.3. The molecule has 0 amide bonds. The number of hydrogen-bond donors (Lipinski definition) is 1. The Hall–Kier alpha value is -0.750. The fourth-order valence-electron chi connectivity index (χ4n) is 0.543. The summed E-state index contributed by atoms with van der Waals surface area (Å²) >= 11 is 0. The first-order valence-electron chi connectivity index (χ1n) is 2.77. The van der Waals surface area contributed by atoms with E-state index in [1.807, 2.05) is 0 Å². The summed E-state index contributed by atoms with van der Waals surface area (Å²) in [5.41, 5.74) is 3.96. The zero-order chi connectivity index (χ0) is 8.48. The van der Waals surface area contributed by atoms with E-state index in [4.69, 9.17) is 5.73 Å². The topological polar surface area (TPSA) is 52.0 Å². The maximum absolute atomic E-state index is 11.8. The highest BCUT2D eigenvalue weighted by Crippen LogP contribution is 2.28. The molecule has 0 saturated heterocycles. The third-order valence-electron chi connectivity index (χ3n) is 1.05. The summed E-state index contributed by atoms with van der Waals surface area (Å²) in [6.45, 7) is -0.0803. The molecule has 0 aromatic carbocycles. The van der Waals surface area contributed by atoms with Gasteiger partial charge in [0.2, 0.25) is 0 Å². The van der Waals surface area contributed by atoms with Gasteiger partial charge in [-0.3, -0.25) is 0 Å². The van der Waals surface area contributed by atoms with Crippen LogP contribution in [-0.4, -0.2) is 5.16 Å². The summed E-state index contributed by atoms with van der Waals surface area (Å²) in [4.78, 5) is 0. The molecule has 12 heavy (non-hydrogen) atoms. The van der Waals surface area contributed by atoms with E-state index in [1.165, 1.54) is 0 Å². The molecule has 0 unspecified atom stereocenters. The highest BCUT2D eigenvalue weighted by atomic mass is 35.5. The van der Waals surface area contributed by atoms with Crippen molar-refractivity contribution in [2.24, 2.45) is 5.73 Å². The predicted molar refractivity (Wildman–Crippen MR) is 36.6 cm³/mol. The average Bonchev–Trinajstić information content (AvgIpc) is 2.32. The molecule has 0 radical (unpaired) electrons. The van der Waals surface area contributed by atoms with Gasteiger partial charge < -0.3 is 10.3 Å². The van der Waals surface area contributed by atoms with Crippen LogP contribution in [0.1, 0.15) is 11.5 Å². The standard InChI is InChI=1S/C5H5F3N2O.ClH/c6-5(7,8)4-1-3(2-9)11-10-4;/h1H,2,9H2;1H. The van der Waals surface area contributed by atoms with Crippen molar-refractivity contribution in [1.29, 1.82) is 0 Å². The van der Waals surface area contributed by atoms with E-state index in [1.54, 1.807) is 0 Å². The zero-order valence-electron chi connectivity index (χ0n) is 5.76. The van der Waals surface area contributed by atoms with Gasteiger partial charge >= 0.3 is 6.18 Å². The molecular formula is C5H6ClF3N2O. The SMILES string of the molecule is Cl.NCc1cc(C(F)(F)F)no1. The second kappa shape index (κ2) is 3.77. The van der Waals surface area contributed by atoms with Gasteiger partial charge in [-0.15, -0.1) is 12.4 Å². The normalized spacial score (nSPS) is 11.0. The predicted octanol–water partition coefficient (Wildman–Crippen LogP) is 1.57. The number of nitrogens with zero attached hydrogens (tertiary/aromatic N) is 1. The van der Waals surface area contributed by atoms with Gasteiger partial charge in [-0.2, -0.15) is 13.2 Å². The lowest BCUT2D eigenvalue weighted by molar-refractivity contribution is -0.142. The van der Waals surface area contributed by atoms with Gasteiger partial charge in [-0.25, -0.2) is 0 Å². The van der Waals surface area contributed by atoms with E-state index < -0.39 is 11.9 Å². The molecule has 0 spiro atoms. The fraction of sp³-hybridized carbons (Fsp3) is 0.400. The van der Waals surface area contributed by atoms with E-state index in [-0.39, 0.29) is 24.7 Å². The van der Waals surface area contributed by atoms with Gasteiger partial charge in [0.05, 0.1) is 6.54 Å². The van der Waals surface area contributed by atoms with Crippen LogP contribution >= 0.6 is 12.4 Å². The Balaban J connectivity index is 0.00000121. The first kappa shape index (κ1) is 11.2. The van der Waals surface area contributed by atoms with Crippen molar-refractivity contribution in [3.63, 3.8) is 0 Å². The minimum atomic E-state index is -4.45. The molecule has 70 valence electrons. The lowest BCUT2D eigenvalue weighted by Crippen LogP contribution is -2.04. The van der Waals surface area contributed by atoms with Gasteiger partial charge in [0.25, 0.3) is 0 Å². The minimum absolute atomic E-state index is 0. The maximum Gasteiger partial charge on any atom is 0.436 e. The number of nitrogens with two attached hydrogens (primary N) is 1. The van der Waals surface area contributed by atoms with E-state index >= 15 is 0 Å². The van der Waals surface area contributed by atoms with Gasteiger partial charge in [0.1, 0.15) is 0 Å². The molecule has 0 aliphatic heterocycles. The van der Waals surface area contributed by atoms with Crippen molar-refractivity contribution in [2.75, 3.05) is 0 Å². The molecule has 1 rings (SSSR count). The molecular weight excluding hydrogens is 197 g/mol. The third-order valence-corrected chi connectivity index (χ3v) is 1.05. The Morgan fingerprint density at radius 2 is 2.08 bits per heavy atom.